The molecule has 0 atom stereocenters. The summed E-state index contributed by atoms with van der Waals surface area (Å²) in [5.74, 6) is 1.75. The predicted octanol–water partition coefficient (Wildman–Crippen LogP) is 3.65. The minimum Gasteiger partial charge on any atom is -0.453 e. The van der Waals surface area contributed by atoms with Crippen LogP contribution in [-0.2, 0) is 4.74 Å². The van der Waals surface area contributed by atoms with E-state index in [0.717, 1.165) is 48.6 Å². The molecule has 3 heterocycles. The topological polar surface area (TPSA) is 40.2 Å². The Labute approximate surface area is 117 Å². The lowest BCUT2D eigenvalue weighted by Gasteiger charge is -2.24. The van der Waals surface area contributed by atoms with Crippen LogP contribution in [0, 0.1) is 0 Å². The van der Waals surface area contributed by atoms with E-state index in [1.165, 1.54) is 0 Å². The van der Waals surface area contributed by atoms with Crippen molar-refractivity contribution in [1.82, 2.24) is 9.55 Å². The third kappa shape index (κ3) is 1.93. The van der Waals surface area contributed by atoms with Crippen molar-refractivity contribution in [3.63, 3.8) is 0 Å². The number of aromatic nitrogens is 2. The van der Waals surface area contributed by atoms with Gasteiger partial charge in [0.25, 0.3) is 0 Å². The van der Waals surface area contributed by atoms with Crippen molar-refractivity contribution < 1.29 is 9.15 Å². The van der Waals surface area contributed by atoms with E-state index in [-0.39, 0.29) is 0 Å². The average molecular weight is 268 g/mol. The normalized spacial score (nSPS) is 16.8. The summed E-state index contributed by atoms with van der Waals surface area (Å²) in [6, 6.07) is 10.6. The molecule has 1 aliphatic heterocycles. The molecule has 3 aromatic rings. The molecule has 1 saturated heterocycles. The number of imidazole rings is 1. The van der Waals surface area contributed by atoms with Gasteiger partial charge in [-0.15, -0.1) is 0 Å². The van der Waals surface area contributed by atoms with Crippen molar-refractivity contribution in [3.8, 4) is 11.6 Å². The Balaban J connectivity index is 1.76. The molecule has 20 heavy (non-hydrogen) atoms. The number of benzene rings is 1. The monoisotopic (exact) mass is 268 g/mol. The molecule has 0 radical (unpaired) electrons. The van der Waals surface area contributed by atoms with E-state index < -0.39 is 0 Å². The van der Waals surface area contributed by atoms with Crippen molar-refractivity contribution in [3.05, 3.63) is 42.7 Å². The summed E-state index contributed by atoms with van der Waals surface area (Å²) in [6.45, 7) is 1.64. The molecule has 0 amide bonds. The van der Waals surface area contributed by atoms with Crippen LogP contribution >= 0.6 is 0 Å². The second-order valence-corrected chi connectivity index (χ2v) is 5.15. The largest absolute Gasteiger partial charge is 0.453 e. The number of hydrogen-bond acceptors (Lipinski definition) is 3. The van der Waals surface area contributed by atoms with Gasteiger partial charge in [-0.25, -0.2) is 4.98 Å². The highest BCUT2D eigenvalue weighted by molar-refractivity contribution is 5.81. The maximum absolute atomic E-state index is 5.93. The van der Waals surface area contributed by atoms with Crippen LogP contribution in [0.2, 0.25) is 0 Å². The smallest absolute Gasteiger partial charge is 0.176 e. The first-order valence-electron chi connectivity index (χ1n) is 7.01. The average Bonchev–Trinajstić information content (AvgIpc) is 3.14. The molecule has 0 unspecified atom stereocenters. The Hall–Kier alpha value is -2.07. The summed E-state index contributed by atoms with van der Waals surface area (Å²) in [5, 5.41) is 1.11. The van der Waals surface area contributed by atoms with Gasteiger partial charge in [-0.3, -0.25) is 0 Å². The van der Waals surface area contributed by atoms with Crippen molar-refractivity contribution in [2.45, 2.75) is 18.9 Å². The zero-order chi connectivity index (χ0) is 13.4. The Morgan fingerprint density at radius 2 is 2.00 bits per heavy atom. The molecule has 2 aromatic heterocycles. The number of rotatable bonds is 2. The molecule has 102 valence electrons. The zero-order valence-corrected chi connectivity index (χ0v) is 11.2. The molecule has 1 fully saturated rings. The van der Waals surface area contributed by atoms with Crippen LogP contribution in [0.4, 0.5) is 0 Å². The van der Waals surface area contributed by atoms with Gasteiger partial charge in [-0.2, -0.15) is 0 Å². The van der Waals surface area contributed by atoms with Crippen LogP contribution in [0.25, 0.3) is 22.6 Å². The third-order valence-corrected chi connectivity index (χ3v) is 3.90. The Bertz CT molecular complexity index is 690. The van der Waals surface area contributed by atoms with Crippen molar-refractivity contribution >= 4 is 11.0 Å². The van der Waals surface area contributed by atoms with Gasteiger partial charge in [-0.05, 0) is 25.0 Å². The fourth-order valence-electron chi connectivity index (χ4n) is 2.85. The van der Waals surface area contributed by atoms with Gasteiger partial charge < -0.3 is 13.7 Å². The number of ether oxygens (including phenoxy) is 1. The lowest BCUT2D eigenvalue weighted by Crippen LogP contribution is -2.19. The lowest BCUT2D eigenvalue weighted by atomic mass is 10.1. The molecule has 1 aromatic carbocycles. The SMILES string of the molecule is c1ccc2oc(-c3nccn3C3CCOCC3)cc2c1. The van der Waals surface area contributed by atoms with Crippen LogP contribution in [0.1, 0.15) is 18.9 Å². The van der Waals surface area contributed by atoms with Gasteiger partial charge in [0.1, 0.15) is 5.58 Å². The fraction of sp³-hybridized carbons (Fsp3) is 0.312. The minimum atomic E-state index is 0.453. The first-order valence-corrected chi connectivity index (χ1v) is 7.01. The van der Waals surface area contributed by atoms with Gasteiger partial charge in [0.15, 0.2) is 11.6 Å². The van der Waals surface area contributed by atoms with Crippen molar-refractivity contribution in [2.75, 3.05) is 13.2 Å². The summed E-state index contributed by atoms with van der Waals surface area (Å²) >= 11 is 0. The van der Waals surface area contributed by atoms with E-state index >= 15 is 0 Å². The van der Waals surface area contributed by atoms with E-state index in [2.05, 4.69) is 21.7 Å². The Kier molecular flexibility index (Phi) is 2.81. The van der Waals surface area contributed by atoms with E-state index in [9.17, 15) is 0 Å². The highest BCUT2D eigenvalue weighted by atomic mass is 16.5. The van der Waals surface area contributed by atoms with E-state index in [1.807, 2.05) is 30.6 Å². The Morgan fingerprint density at radius 3 is 2.85 bits per heavy atom. The molecule has 0 saturated carbocycles. The number of fused-ring (bicyclic) bond motifs is 1. The second kappa shape index (κ2) is 4.80. The fourth-order valence-corrected chi connectivity index (χ4v) is 2.85. The molecule has 4 nitrogen and oxygen atoms in total. The summed E-state index contributed by atoms with van der Waals surface area (Å²) in [4.78, 5) is 4.49. The molecule has 4 heteroatoms. The molecule has 4 rings (SSSR count). The highest BCUT2D eigenvalue weighted by Gasteiger charge is 2.20. The quantitative estimate of drug-likeness (QED) is 0.712. The van der Waals surface area contributed by atoms with Gasteiger partial charge in [0.05, 0.1) is 0 Å². The van der Waals surface area contributed by atoms with Crippen molar-refractivity contribution in [2.24, 2.45) is 0 Å². The summed E-state index contributed by atoms with van der Waals surface area (Å²) < 4.78 is 13.6. The minimum absolute atomic E-state index is 0.453. The van der Waals surface area contributed by atoms with Crippen LogP contribution < -0.4 is 0 Å². The molecule has 0 spiro atoms. The van der Waals surface area contributed by atoms with Gasteiger partial charge in [-0.1, -0.05) is 18.2 Å². The Morgan fingerprint density at radius 1 is 1.15 bits per heavy atom. The molecular formula is C16H16N2O2. The zero-order valence-electron chi connectivity index (χ0n) is 11.2. The number of nitrogens with zero attached hydrogens (tertiary/aromatic N) is 2. The summed E-state index contributed by atoms with van der Waals surface area (Å²) in [6.07, 6.45) is 5.95. The molecule has 0 aliphatic carbocycles. The summed E-state index contributed by atoms with van der Waals surface area (Å²) in [7, 11) is 0. The first-order chi connectivity index (χ1) is 9.92. The van der Waals surface area contributed by atoms with E-state index in [0.29, 0.717) is 6.04 Å². The lowest BCUT2D eigenvalue weighted by molar-refractivity contribution is 0.0699. The van der Waals surface area contributed by atoms with Crippen LogP contribution in [0.5, 0.6) is 0 Å². The van der Waals surface area contributed by atoms with Gasteiger partial charge in [0.2, 0.25) is 0 Å². The highest BCUT2D eigenvalue weighted by Crippen LogP contribution is 2.30. The third-order valence-electron chi connectivity index (χ3n) is 3.90. The second-order valence-electron chi connectivity index (χ2n) is 5.15. The maximum atomic E-state index is 5.93. The van der Waals surface area contributed by atoms with Crippen LogP contribution in [-0.4, -0.2) is 22.8 Å². The van der Waals surface area contributed by atoms with E-state index in [4.69, 9.17) is 9.15 Å². The molecular weight excluding hydrogens is 252 g/mol. The molecule has 1 aliphatic rings. The van der Waals surface area contributed by atoms with E-state index in [1.54, 1.807) is 0 Å². The molecule has 0 N–H and O–H groups in total. The maximum Gasteiger partial charge on any atom is 0.176 e. The molecule has 0 bridgehead atoms. The number of furan rings is 1. The van der Waals surface area contributed by atoms with Crippen LogP contribution in [0.15, 0.2) is 47.1 Å². The standard InChI is InChI=1S/C16H16N2O2/c1-2-4-14-12(3-1)11-15(20-14)16-17-7-8-18(16)13-5-9-19-10-6-13/h1-4,7-8,11,13H,5-6,9-10H2. The van der Waals surface area contributed by atoms with Gasteiger partial charge in [0, 0.05) is 37.0 Å². The van der Waals surface area contributed by atoms with Crippen molar-refractivity contribution in [1.29, 1.82) is 0 Å². The first kappa shape index (κ1) is 11.7. The number of para-hydroxylation sites is 1. The van der Waals surface area contributed by atoms with Crippen LogP contribution in [0.3, 0.4) is 0 Å². The summed E-state index contributed by atoms with van der Waals surface area (Å²) in [5.41, 5.74) is 0.907. The van der Waals surface area contributed by atoms with Gasteiger partial charge >= 0.3 is 0 Å². The predicted molar refractivity (Wildman–Crippen MR) is 76.5 cm³/mol. The number of hydrogen-bond donors (Lipinski definition) is 0.